The van der Waals surface area contributed by atoms with Crippen LogP contribution in [0.2, 0.25) is 0 Å². The summed E-state index contributed by atoms with van der Waals surface area (Å²) in [6.45, 7) is 2.54. The number of hydrogen-bond acceptors (Lipinski definition) is 6. The van der Waals surface area contributed by atoms with Crippen LogP contribution in [-0.4, -0.2) is 38.3 Å². The van der Waals surface area contributed by atoms with Gasteiger partial charge in [-0.05, 0) is 48.4 Å². The lowest BCUT2D eigenvalue weighted by molar-refractivity contribution is -0.140. The highest BCUT2D eigenvalue weighted by molar-refractivity contribution is 6.46. The minimum Gasteiger partial charge on any atom is -0.507 e. The second-order valence-corrected chi connectivity index (χ2v) is 7.03. The fraction of sp³-hybridized carbons (Fsp3) is 0.167. The van der Waals surface area contributed by atoms with Crippen molar-refractivity contribution in [2.24, 2.45) is 0 Å². The molecular formula is C24H21N3O4. The molecule has 7 heteroatoms. The molecule has 0 radical (unpaired) electrons. The minimum atomic E-state index is -0.770. The number of carbonyl (C=O) groups excluding carboxylic acids is 2. The monoisotopic (exact) mass is 415 g/mol. The van der Waals surface area contributed by atoms with E-state index in [1.807, 2.05) is 25.1 Å². The SMILES string of the molecule is CCOc1cccc(C2/C(=C(\O)c3ccncc3)C(=O)C(=O)N2Cc2cccnc2)c1. The normalized spacial score (nSPS) is 17.7. The average molecular weight is 415 g/mol. The van der Waals surface area contributed by atoms with Gasteiger partial charge in [0.1, 0.15) is 11.5 Å². The van der Waals surface area contributed by atoms with Crippen LogP contribution >= 0.6 is 0 Å². The summed E-state index contributed by atoms with van der Waals surface area (Å²) in [4.78, 5) is 35.6. The molecule has 31 heavy (non-hydrogen) atoms. The molecule has 1 fully saturated rings. The first-order valence-corrected chi connectivity index (χ1v) is 9.90. The van der Waals surface area contributed by atoms with Gasteiger partial charge in [-0.3, -0.25) is 19.6 Å². The Hall–Kier alpha value is -4.00. The maximum atomic E-state index is 13.0. The van der Waals surface area contributed by atoms with Gasteiger partial charge in [0.2, 0.25) is 0 Å². The van der Waals surface area contributed by atoms with Crippen LogP contribution in [0.15, 0.2) is 78.9 Å². The Morgan fingerprint density at radius 1 is 1.06 bits per heavy atom. The number of aliphatic hydroxyl groups excluding tert-OH is 1. The van der Waals surface area contributed by atoms with E-state index in [9.17, 15) is 14.7 Å². The Labute approximate surface area is 179 Å². The molecular weight excluding hydrogens is 394 g/mol. The Morgan fingerprint density at radius 2 is 1.87 bits per heavy atom. The topological polar surface area (TPSA) is 92.6 Å². The lowest BCUT2D eigenvalue weighted by Gasteiger charge is -2.25. The van der Waals surface area contributed by atoms with Crippen LogP contribution in [0.25, 0.3) is 5.76 Å². The van der Waals surface area contributed by atoms with Crippen molar-refractivity contribution >= 4 is 17.4 Å². The summed E-state index contributed by atoms with van der Waals surface area (Å²) < 4.78 is 5.61. The van der Waals surface area contributed by atoms with Crippen molar-refractivity contribution in [1.82, 2.24) is 14.9 Å². The number of Topliss-reactive ketones (excluding diaryl/α,β-unsaturated/α-hetero) is 1. The van der Waals surface area contributed by atoms with Gasteiger partial charge in [0.15, 0.2) is 0 Å². The molecule has 7 nitrogen and oxygen atoms in total. The van der Waals surface area contributed by atoms with E-state index >= 15 is 0 Å². The molecule has 1 amide bonds. The fourth-order valence-corrected chi connectivity index (χ4v) is 3.68. The molecule has 0 bridgehead atoms. The molecule has 1 aliphatic rings. The number of hydrogen-bond donors (Lipinski definition) is 1. The number of pyridine rings is 2. The number of rotatable bonds is 6. The van der Waals surface area contributed by atoms with Crippen LogP contribution in [0, 0.1) is 0 Å². The van der Waals surface area contributed by atoms with Gasteiger partial charge in [0.05, 0.1) is 18.2 Å². The first-order chi connectivity index (χ1) is 15.1. The summed E-state index contributed by atoms with van der Waals surface area (Å²) >= 11 is 0. The van der Waals surface area contributed by atoms with Gasteiger partial charge in [-0.2, -0.15) is 0 Å². The predicted octanol–water partition coefficient (Wildman–Crippen LogP) is 3.50. The molecule has 0 aliphatic carbocycles. The molecule has 0 saturated carbocycles. The molecule has 1 N–H and O–H groups in total. The Balaban J connectivity index is 1.86. The summed E-state index contributed by atoms with van der Waals surface area (Å²) in [6, 6.07) is 13.2. The van der Waals surface area contributed by atoms with Crippen LogP contribution in [0.4, 0.5) is 0 Å². The molecule has 156 valence electrons. The van der Waals surface area contributed by atoms with Gasteiger partial charge in [0.25, 0.3) is 11.7 Å². The van der Waals surface area contributed by atoms with Crippen molar-refractivity contribution in [3.63, 3.8) is 0 Å². The van der Waals surface area contributed by atoms with E-state index < -0.39 is 17.7 Å². The molecule has 3 heterocycles. The second-order valence-electron chi connectivity index (χ2n) is 7.03. The Kier molecular flexibility index (Phi) is 5.75. The number of benzene rings is 1. The summed E-state index contributed by atoms with van der Waals surface area (Å²) in [7, 11) is 0. The van der Waals surface area contributed by atoms with Gasteiger partial charge in [-0.15, -0.1) is 0 Å². The molecule has 1 aliphatic heterocycles. The molecule has 2 aromatic heterocycles. The van der Waals surface area contributed by atoms with E-state index in [2.05, 4.69) is 9.97 Å². The summed E-state index contributed by atoms with van der Waals surface area (Å²) in [5, 5.41) is 11.0. The summed E-state index contributed by atoms with van der Waals surface area (Å²) in [5.41, 5.74) is 1.90. The van der Waals surface area contributed by atoms with Crippen molar-refractivity contribution in [3.8, 4) is 5.75 Å². The third-order valence-electron chi connectivity index (χ3n) is 5.05. The number of ether oxygens (including phenoxy) is 1. The first-order valence-electron chi connectivity index (χ1n) is 9.90. The number of ketones is 1. The van der Waals surface area contributed by atoms with E-state index in [-0.39, 0.29) is 17.9 Å². The molecule has 3 aromatic rings. The second kappa shape index (κ2) is 8.79. The third kappa shape index (κ3) is 4.02. The van der Waals surface area contributed by atoms with Crippen molar-refractivity contribution in [3.05, 3.63) is 95.6 Å². The third-order valence-corrected chi connectivity index (χ3v) is 5.05. The number of nitrogens with zero attached hydrogens (tertiary/aromatic N) is 3. The van der Waals surface area contributed by atoms with E-state index in [1.54, 1.807) is 42.7 Å². The van der Waals surface area contributed by atoms with Gasteiger partial charge in [-0.25, -0.2) is 0 Å². The van der Waals surface area contributed by atoms with Crippen molar-refractivity contribution in [1.29, 1.82) is 0 Å². The average Bonchev–Trinajstić information content (AvgIpc) is 3.05. The van der Waals surface area contributed by atoms with Crippen molar-refractivity contribution < 1.29 is 19.4 Å². The highest BCUT2D eigenvalue weighted by Crippen LogP contribution is 2.40. The first kappa shape index (κ1) is 20.3. The molecule has 0 spiro atoms. The number of likely N-dealkylation sites (tertiary alicyclic amines) is 1. The van der Waals surface area contributed by atoms with E-state index in [1.165, 1.54) is 17.3 Å². The van der Waals surface area contributed by atoms with Crippen LogP contribution in [0.1, 0.15) is 29.7 Å². The number of carbonyl (C=O) groups is 2. The molecule has 4 rings (SSSR count). The van der Waals surface area contributed by atoms with Gasteiger partial charge in [-0.1, -0.05) is 18.2 Å². The van der Waals surface area contributed by atoms with Crippen molar-refractivity contribution in [2.45, 2.75) is 19.5 Å². The standard InChI is InChI=1S/C24H21N3O4/c1-2-31-19-7-3-6-18(13-19)21-20(22(28)17-8-11-25-12-9-17)23(29)24(30)27(21)15-16-5-4-10-26-14-16/h3-14,21,28H,2,15H2,1H3/b22-20+. The van der Waals surface area contributed by atoms with Crippen LogP contribution in [0.5, 0.6) is 5.75 Å². The maximum Gasteiger partial charge on any atom is 0.295 e. The molecule has 1 aromatic carbocycles. The van der Waals surface area contributed by atoms with E-state index in [4.69, 9.17) is 4.74 Å². The van der Waals surface area contributed by atoms with E-state index in [0.717, 1.165) is 5.56 Å². The largest absolute Gasteiger partial charge is 0.507 e. The zero-order chi connectivity index (χ0) is 21.8. The molecule has 1 saturated heterocycles. The highest BCUT2D eigenvalue weighted by atomic mass is 16.5. The number of aliphatic hydroxyl groups is 1. The smallest absolute Gasteiger partial charge is 0.295 e. The fourth-order valence-electron chi connectivity index (χ4n) is 3.68. The lowest BCUT2D eigenvalue weighted by atomic mass is 9.95. The molecule has 1 atom stereocenters. The lowest BCUT2D eigenvalue weighted by Crippen LogP contribution is -2.29. The summed E-state index contributed by atoms with van der Waals surface area (Å²) in [6.07, 6.45) is 6.33. The number of aromatic nitrogens is 2. The Morgan fingerprint density at radius 3 is 2.58 bits per heavy atom. The van der Waals surface area contributed by atoms with Gasteiger partial charge < -0.3 is 14.7 Å². The van der Waals surface area contributed by atoms with E-state index in [0.29, 0.717) is 23.5 Å². The van der Waals surface area contributed by atoms with Crippen LogP contribution < -0.4 is 4.74 Å². The van der Waals surface area contributed by atoms with Gasteiger partial charge >= 0.3 is 0 Å². The maximum absolute atomic E-state index is 13.0. The Bertz CT molecular complexity index is 1130. The minimum absolute atomic E-state index is 0.0359. The number of amides is 1. The van der Waals surface area contributed by atoms with Crippen LogP contribution in [0.3, 0.4) is 0 Å². The quantitative estimate of drug-likeness (QED) is 0.376. The zero-order valence-electron chi connectivity index (χ0n) is 16.9. The summed E-state index contributed by atoms with van der Waals surface area (Å²) in [5.74, 6) is -1.02. The predicted molar refractivity (Wildman–Crippen MR) is 114 cm³/mol. The van der Waals surface area contributed by atoms with Crippen molar-refractivity contribution in [2.75, 3.05) is 6.61 Å². The zero-order valence-corrected chi connectivity index (χ0v) is 16.9. The molecule has 1 unspecified atom stereocenters. The highest BCUT2D eigenvalue weighted by Gasteiger charge is 2.46. The van der Waals surface area contributed by atoms with Gasteiger partial charge in [0, 0.05) is 36.9 Å². The van der Waals surface area contributed by atoms with Crippen LogP contribution in [-0.2, 0) is 16.1 Å².